The van der Waals surface area contributed by atoms with Gasteiger partial charge < -0.3 is 5.73 Å². The highest BCUT2D eigenvalue weighted by Crippen LogP contribution is 2.42. The van der Waals surface area contributed by atoms with Gasteiger partial charge in [0.15, 0.2) is 5.65 Å². The van der Waals surface area contributed by atoms with Crippen LogP contribution in [-0.4, -0.2) is 14.6 Å². The number of hydrogen-bond donors (Lipinski definition) is 1. The Balaban J connectivity index is 2.28. The lowest BCUT2D eigenvalue weighted by Gasteiger charge is -1.93. The lowest BCUT2D eigenvalue weighted by molar-refractivity contribution is 0.875. The summed E-state index contributed by atoms with van der Waals surface area (Å²) in [5.74, 6) is 0.581. The largest absolute Gasteiger partial charge is 0.394 e. The molecule has 0 aromatic carbocycles. The van der Waals surface area contributed by atoms with E-state index in [1.54, 1.807) is 4.52 Å². The lowest BCUT2D eigenvalue weighted by Crippen LogP contribution is -1.92. The molecule has 0 radical (unpaired) electrons. The SMILES string of the molecule is Cc1cnc2c(N)c(C3CC3)nn2c1. The van der Waals surface area contributed by atoms with E-state index in [-0.39, 0.29) is 0 Å². The number of nitrogens with zero attached hydrogens (tertiary/aromatic N) is 3. The van der Waals surface area contributed by atoms with Crippen LogP contribution in [0.15, 0.2) is 12.4 Å². The van der Waals surface area contributed by atoms with Gasteiger partial charge in [-0.15, -0.1) is 0 Å². The Morgan fingerprint density at radius 3 is 3.00 bits per heavy atom. The van der Waals surface area contributed by atoms with E-state index in [9.17, 15) is 0 Å². The molecular formula is C10H12N4. The van der Waals surface area contributed by atoms with E-state index in [4.69, 9.17) is 5.73 Å². The van der Waals surface area contributed by atoms with E-state index in [1.807, 2.05) is 19.3 Å². The van der Waals surface area contributed by atoms with Crippen LogP contribution in [0.1, 0.15) is 30.0 Å². The number of rotatable bonds is 1. The third-order valence-electron chi connectivity index (χ3n) is 2.63. The standard InChI is InChI=1S/C10H12N4/c1-6-4-12-10-8(11)9(7-2-3-7)13-14(10)5-6/h4-5,7H,2-3,11H2,1H3. The molecule has 2 aromatic rings. The Morgan fingerprint density at radius 1 is 1.50 bits per heavy atom. The zero-order chi connectivity index (χ0) is 9.71. The van der Waals surface area contributed by atoms with Crippen LogP contribution < -0.4 is 5.73 Å². The first-order valence-corrected chi connectivity index (χ1v) is 4.86. The summed E-state index contributed by atoms with van der Waals surface area (Å²) in [6.07, 6.45) is 6.22. The number of anilines is 1. The van der Waals surface area contributed by atoms with Gasteiger partial charge >= 0.3 is 0 Å². The average Bonchev–Trinajstić information content (AvgIpc) is 2.93. The Labute approximate surface area is 81.8 Å². The van der Waals surface area contributed by atoms with Gasteiger partial charge in [0.1, 0.15) is 5.69 Å². The minimum absolute atomic E-state index is 0.581. The summed E-state index contributed by atoms with van der Waals surface area (Å²) in [4.78, 5) is 4.29. The molecule has 2 heterocycles. The number of nitrogen functional groups attached to an aromatic ring is 1. The van der Waals surface area contributed by atoms with Crippen LogP contribution in [0, 0.1) is 6.92 Å². The summed E-state index contributed by atoms with van der Waals surface area (Å²) in [5.41, 5.74) is 9.66. The van der Waals surface area contributed by atoms with Crippen molar-refractivity contribution in [1.29, 1.82) is 0 Å². The van der Waals surface area contributed by atoms with Crippen molar-refractivity contribution in [1.82, 2.24) is 14.6 Å². The molecule has 0 bridgehead atoms. The first-order valence-electron chi connectivity index (χ1n) is 4.86. The van der Waals surface area contributed by atoms with Crippen molar-refractivity contribution in [2.24, 2.45) is 0 Å². The molecule has 1 aliphatic carbocycles. The molecule has 0 spiro atoms. The normalized spacial score (nSPS) is 16.4. The van der Waals surface area contributed by atoms with Gasteiger partial charge in [-0.3, -0.25) is 0 Å². The summed E-state index contributed by atoms with van der Waals surface area (Å²) in [6.45, 7) is 2.00. The summed E-state index contributed by atoms with van der Waals surface area (Å²) < 4.78 is 1.79. The van der Waals surface area contributed by atoms with Crippen LogP contribution in [0.5, 0.6) is 0 Å². The fourth-order valence-electron chi connectivity index (χ4n) is 1.72. The molecule has 4 heteroatoms. The molecule has 1 aliphatic rings. The summed E-state index contributed by atoms with van der Waals surface area (Å²) >= 11 is 0. The van der Waals surface area contributed by atoms with Crippen molar-refractivity contribution < 1.29 is 0 Å². The zero-order valence-corrected chi connectivity index (χ0v) is 8.07. The molecule has 2 aromatic heterocycles. The minimum atomic E-state index is 0.581. The van der Waals surface area contributed by atoms with Gasteiger partial charge in [0, 0.05) is 18.3 Å². The molecule has 2 N–H and O–H groups in total. The average molecular weight is 188 g/mol. The fourth-order valence-corrected chi connectivity index (χ4v) is 1.72. The van der Waals surface area contributed by atoms with Gasteiger partial charge in [0.05, 0.1) is 5.69 Å². The third kappa shape index (κ3) is 0.999. The van der Waals surface area contributed by atoms with Gasteiger partial charge in [0.25, 0.3) is 0 Å². The smallest absolute Gasteiger partial charge is 0.178 e. The minimum Gasteiger partial charge on any atom is -0.394 e. The molecule has 3 rings (SSSR count). The highest BCUT2D eigenvalue weighted by molar-refractivity contribution is 5.68. The molecule has 0 aliphatic heterocycles. The van der Waals surface area contributed by atoms with Crippen LogP contribution in [-0.2, 0) is 0 Å². The second-order valence-electron chi connectivity index (χ2n) is 3.97. The highest BCUT2D eigenvalue weighted by atomic mass is 15.3. The van der Waals surface area contributed by atoms with Gasteiger partial charge in [-0.25, -0.2) is 9.50 Å². The van der Waals surface area contributed by atoms with E-state index < -0.39 is 0 Å². The van der Waals surface area contributed by atoms with Crippen molar-refractivity contribution >= 4 is 11.3 Å². The first-order chi connectivity index (χ1) is 6.75. The molecule has 0 saturated heterocycles. The van der Waals surface area contributed by atoms with E-state index >= 15 is 0 Å². The molecule has 0 amide bonds. The fraction of sp³-hybridized carbons (Fsp3) is 0.400. The van der Waals surface area contributed by atoms with Gasteiger partial charge in [-0.2, -0.15) is 5.10 Å². The molecule has 0 unspecified atom stereocenters. The van der Waals surface area contributed by atoms with Crippen molar-refractivity contribution in [3.63, 3.8) is 0 Å². The maximum absolute atomic E-state index is 5.98. The number of aromatic nitrogens is 3. The predicted octanol–water partition coefficient (Wildman–Crippen LogP) is 1.50. The number of fused-ring (bicyclic) bond motifs is 1. The third-order valence-corrected chi connectivity index (χ3v) is 2.63. The molecule has 1 fully saturated rings. The molecule has 4 nitrogen and oxygen atoms in total. The van der Waals surface area contributed by atoms with Gasteiger partial charge in [-0.1, -0.05) is 0 Å². The van der Waals surface area contributed by atoms with Gasteiger partial charge in [0.2, 0.25) is 0 Å². The van der Waals surface area contributed by atoms with E-state index in [0.717, 1.165) is 22.6 Å². The number of hydrogen-bond acceptors (Lipinski definition) is 3. The van der Waals surface area contributed by atoms with Crippen LogP contribution in [0.4, 0.5) is 5.69 Å². The maximum Gasteiger partial charge on any atom is 0.178 e. The molecule has 1 saturated carbocycles. The highest BCUT2D eigenvalue weighted by Gasteiger charge is 2.29. The van der Waals surface area contributed by atoms with Gasteiger partial charge in [-0.05, 0) is 25.3 Å². The second-order valence-corrected chi connectivity index (χ2v) is 3.97. The zero-order valence-electron chi connectivity index (χ0n) is 8.07. The lowest BCUT2D eigenvalue weighted by atomic mass is 10.2. The van der Waals surface area contributed by atoms with E-state index in [1.165, 1.54) is 12.8 Å². The van der Waals surface area contributed by atoms with Crippen molar-refractivity contribution in [3.05, 3.63) is 23.7 Å². The molecule has 0 atom stereocenters. The molecular weight excluding hydrogens is 176 g/mol. The Hall–Kier alpha value is -1.58. The summed E-state index contributed by atoms with van der Waals surface area (Å²) in [7, 11) is 0. The quantitative estimate of drug-likeness (QED) is 0.737. The Bertz CT molecular complexity index is 496. The van der Waals surface area contributed by atoms with Crippen molar-refractivity contribution in [3.8, 4) is 0 Å². The summed E-state index contributed by atoms with van der Waals surface area (Å²) in [6, 6.07) is 0. The van der Waals surface area contributed by atoms with Crippen LogP contribution in [0.25, 0.3) is 5.65 Å². The van der Waals surface area contributed by atoms with Crippen LogP contribution in [0.3, 0.4) is 0 Å². The van der Waals surface area contributed by atoms with E-state index in [0.29, 0.717) is 5.92 Å². The Morgan fingerprint density at radius 2 is 2.29 bits per heavy atom. The van der Waals surface area contributed by atoms with Crippen LogP contribution in [0.2, 0.25) is 0 Å². The Kier molecular flexibility index (Phi) is 1.37. The van der Waals surface area contributed by atoms with Crippen molar-refractivity contribution in [2.75, 3.05) is 5.73 Å². The topological polar surface area (TPSA) is 56.2 Å². The maximum atomic E-state index is 5.98. The van der Waals surface area contributed by atoms with Crippen molar-refractivity contribution in [2.45, 2.75) is 25.7 Å². The molecule has 14 heavy (non-hydrogen) atoms. The first kappa shape index (κ1) is 7.79. The second kappa shape index (κ2) is 2.47. The predicted molar refractivity (Wildman–Crippen MR) is 54.1 cm³/mol. The monoisotopic (exact) mass is 188 g/mol. The van der Waals surface area contributed by atoms with E-state index in [2.05, 4.69) is 10.1 Å². The number of aryl methyl sites for hydroxylation is 1. The van der Waals surface area contributed by atoms with Crippen LogP contribution >= 0.6 is 0 Å². The summed E-state index contributed by atoms with van der Waals surface area (Å²) in [5, 5.41) is 4.46. The number of nitrogens with two attached hydrogens (primary N) is 1. The molecule has 72 valence electrons.